The van der Waals surface area contributed by atoms with Crippen LogP contribution < -0.4 is 10.1 Å². The van der Waals surface area contributed by atoms with E-state index in [1.165, 1.54) is 0 Å². The molecule has 1 fully saturated rings. The molecule has 0 amide bonds. The summed E-state index contributed by atoms with van der Waals surface area (Å²) in [6.45, 7) is 0. The number of anilines is 1. The molecular weight excluding hydrogens is 424 g/mol. The van der Waals surface area contributed by atoms with Crippen LogP contribution in [-0.2, 0) is 0 Å². The van der Waals surface area contributed by atoms with Crippen molar-refractivity contribution in [2.45, 2.75) is 24.8 Å². The molecule has 2 N–H and O–H groups in total. The maximum Gasteiger partial charge on any atom is 0.219 e. The standard InChI is InChI=1S/C24H19ClN6O/c25-20-10-14-6-7-22(32-17-4-2-1-3-5-17)30-21(14)11-18(20)15-8-16(9-15)29-23-19-12-28-31-24(19)27-13-26-23/h1-7,10-13,15-16H,8-9H2,(H2,26,27,28,29,31). The summed E-state index contributed by atoms with van der Waals surface area (Å²) in [6.07, 6.45) is 5.22. The molecule has 2 aromatic carbocycles. The Morgan fingerprint density at radius 1 is 1.03 bits per heavy atom. The van der Waals surface area contributed by atoms with E-state index in [9.17, 15) is 0 Å². The number of aromatic amines is 1. The predicted octanol–water partition coefficient (Wildman–Crippen LogP) is 5.70. The fourth-order valence-corrected chi connectivity index (χ4v) is 4.51. The molecule has 1 aliphatic rings. The second kappa shape index (κ2) is 7.76. The lowest BCUT2D eigenvalue weighted by molar-refractivity contribution is 0.374. The minimum atomic E-state index is 0.320. The van der Waals surface area contributed by atoms with Gasteiger partial charge in [0.25, 0.3) is 0 Å². The normalized spacial score (nSPS) is 17.9. The molecule has 0 radical (unpaired) electrons. The Hall–Kier alpha value is -3.71. The van der Waals surface area contributed by atoms with Crippen LogP contribution in [0.1, 0.15) is 24.3 Å². The number of H-pyrrole nitrogens is 1. The van der Waals surface area contributed by atoms with Crippen LogP contribution in [0.3, 0.4) is 0 Å². The van der Waals surface area contributed by atoms with Gasteiger partial charge in [-0.3, -0.25) is 5.10 Å². The van der Waals surface area contributed by atoms with E-state index in [0.29, 0.717) is 17.8 Å². The molecule has 0 atom stereocenters. The number of pyridine rings is 1. The van der Waals surface area contributed by atoms with Crippen molar-refractivity contribution in [2.75, 3.05) is 5.32 Å². The number of ether oxygens (including phenoxy) is 1. The predicted molar refractivity (Wildman–Crippen MR) is 124 cm³/mol. The van der Waals surface area contributed by atoms with Crippen molar-refractivity contribution in [2.24, 2.45) is 0 Å². The fraction of sp³-hybridized carbons (Fsp3) is 0.167. The first-order valence-corrected chi connectivity index (χ1v) is 10.8. The molecule has 3 heterocycles. The molecule has 8 heteroatoms. The number of para-hydroxylation sites is 1. The van der Waals surface area contributed by atoms with Gasteiger partial charge < -0.3 is 10.1 Å². The van der Waals surface area contributed by atoms with Gasteiger partial charge in [-0.05, 0) is 54.7 Å². The van der Waals surface area contributed by atoms with Gasteiger partial charge in [-0.15, -0.1) is 0 Å². The van der Waals surface area contributed by atoms with Crippen LogP contribution in [0.15, 0.2) is 67.1 Å². The van der Waals surface area contributed by atoms with E-state index in [4.69, 9.17) is 21.3 Å². The summed E-state index contributed by atoms with van der Waals surface area (Å²) in [5, 5.41) is 13.1. The molecule has 5 aromatic rings. The monoisotopic (exact) mass is 442 g/mol. The Morgan fingerprint density at radius 3 is 2.78 bits per heavy atom. The van der Waals surface area contributed by atoms with E-state index in [0.717, 1.165) is 56.9 Å². The number of fused-ring (bicyclic) bond motifs is 2. The van der Waals surface area contributed by atoms with Crippen molar-refractivity contribution in [1.29, 1.82) is 0 Å². The van der Waals surface area contributed by atoms with Crippen molar-refractivity contribution < 1.29 is 4.74 Å². The number of nitrogens with one attached hydrogen (secondary N) is 2. The summed E-state index contributed by atoms with van der Waals surface area (Å²) in [4.78, 5) is 13.3. The van der Waals surface area contributed by atoms with Gasteiger partial charge >= 0.3 is 0 Å². The first kappa shape index (κ1) is 19.0. The van der Waals surface area contributed by atoms with Gasteiger partial charge in [-0.1, -0.05) is 29.8 Å². The van der Waals surface area contributed by atoms with Crippen LogP contribution in [0.25, 0.3) is 21.9 Å². The smallest absolute Gasteiger partial charge is 0.219 e. The summed E-state index contributed by atoms with van der Waals surface area (Å²) < 4.78 is 5.90. The number of hydrogen-bond donors (Lipinski definition) is 2. The molecule has 1 aliphatic carbocycles. The average Bonchev–Trinajstić information content (AvgIpc) is 3.26. The highest BCUT2D eigenvalue weighted by Crippen LogP contribution is 2.43. The molecule has 0 aliphatic heterocycles. The van der Waals surface area contributed by atoms with Gasteiger partial charge in [0.2, 0.25) is 5.88 Å². The van der Waals surface area contributed by atoms with Crippen LogP contribution in [-0.4, -0.2) is 31.2 Å². The second-order valence-electron chi connectivity index (χ2n) is 8.00. The lowest BCUT2D eigenvalue weighted by Gasteiger charge is -2.37. The van der Waals surface area contributed by atoms with Gasteiger partial charge in [0, 0.05) is 22.5 Å². The van der Waals surface area contributed by atoms with Gasteiger partial charge in [0.1, 0.15) is 17.9 Å². The number of rotatable bonds is 5. The fourth-order valence-electron chi connectivity index (χ4n) is 4.18. The first-order valence-electron chi connectivity index (χ1n) is 10.5. The van der Waals surface area contributed by atoms with E-state index in [2.05, 4.69) is 31.5 Å². The molecule has 0 spiro atoms. The van der Waals surface area contributed by atoms with E-state index in [1.54, 1.807) is 12.5 Å². The SMILES string of the molecule is Clc1cc2ccc(Oc3ccccc3)nc2cc1C1CC(Nc2ncnc3[nH]ncc23)C1. The Kier molecular flexibility index (Phi) is 4.61. The Labute approximate surface area is 188 Å². The van der Waals surface area contributed by atoms with Gasteiger partial charge in [-0.25, -0.2) is 15.0 Å². The van der Waals surface area contributed by atoms with Crippen molar-refractivity contribution in [3.8, 4) is 11.6 Å². The van der Waals surface area contributed by atoms with Gasteiger partial charge in [0.05, 0.1) is 17.1 Å². The number of aromatic nitrogens is 5. The molecule has 0 bridgehead atoms. The summed E-state index contributed by atoms with van der Waals surface area (Å²) in [7, 11) is 0. The molecule has 6 rings (SSSR count). The zero-order valence-corrected chi connectivity index (χ0v) is 17.8. The zero-order valence-electron chi connectivity index (χ0n) is 17.0. The van der Waals surface area contributed by atoms with Crippen molar-refractivity contribution in [3.05, 3.63) is 77.7 Å². The third-order valence-electron chi connectivity index (χ3n) is 5.91. The maximum absolute atomic E-state index is 6.64. The van der Waals surface area contributed by atoms with Crippen LogP contribution in [0.5, 0.6) is 11.6 Å². The Balaban J connectivity index is 1.20. The van der Waals surface area contributed by atoms with E-state index in [-0.39, 0.29) is 0 Å². The third kappa shape index (κ3) is 3.50. The average molecular weight is 443 g/mol. The quantitative estimate of drug-likeness (QED) is 0.362. The summed E-state index contributed by atoms with van der Waals surface area (Å²) in [5.74, 6) is 2.50. The highest BCUT2D eigenvalue weighted by atomic mass is 35.5. The number of nitrogens with zero attached hydrogens (tertiary/aromatic N) is 4. The molecular formula is C24H19ClN6O. The number of benzene rings is 2. The van der Waals surface area contributed by atoms with E-state index < -0.39 is 0 Å². The molecule has 1 saturated carbocycles. The summed E-state index contributed by atoms with van der Waals surface area (Å²) >= 11 is 6.64. The van der Waals surface area contributed by atoms with Crippen LogP contribution in [0.2, 0.25) is 5.02 Å². The van der Waals surface area contributed by atoms with Crippen molar-refractivity contribution in [3.63, 3.8) is 0 Å². The molecule has 7 nitrogen and oxygen atoms in total. The minimum Gasteiger partial charge on any atom is -0.439 e. The van der Waals surface area contributed by atoms with E-state index in [1.807, 2.05) is 48.5 Å². The Bertz CT molecular complexity index is 1410. The highest BCUT2D eigenvalue weighted by Gasteiger charge is 2.32. The zero-order chi connectivity index (χ0) is 21.5. The first-order chi connectivity index (χ1) is 15.7. The van der Waals surface area contributed by atoms with Gasteiger partial charge in [-0.2, -0.15) is 5.10 Å². The van der Waals surface area contributed by atoms with Crippen molar-refractivity contribution in [1.82, 2.24) is 25.1 Å². The summed E-state index contributed by atoms with van der Waals surface area (Å²) in [6, 6.07) is 17.9. The number of hydrogen-bond acceptors (Lipinski definition) is 6. The maximum atomic E-state index is 6.64. The number of halogens is 1. The molecule has 32 heavy (non-hydrogen) atoms. The van der Waals surface area contributed by atoms with E-state index >= 15 is 0 Å². The highest BCUT2D eigenvalue weighted by molar-refractivity contribution is 6.32. The van der Waals surface area contributed by atoms with Gasteiger partial charge in [0.15, 0.2) is 5.65 Å². The second-order valence-corrected chi connectivity index (χ2v) is 8.40. The largest absolute Gasteiger partial charge is 0.439 e. The van der Waals surface area contributed by atoms with Crippen LogP contribution >= 0.6 is 11.6 Å². The topological polar surface area (TPSA) is 88.6 Å². The molecule has 3 aromatic heterocycles. The Morgan fingerprint density at radius 2 is 1.91 bits per heavy atom. The molecule has 0 saturated heterocycles. The summed E-state index contributed by atoms with van der Waals surface area (Å²) in [5.41, 5.74) is 2.73. The lowest BCUT2D eigenvalue weighted by Crippen LogP contribution is -2.34. The van der Waals surface area contributed by atoms with Crippen LogP contribution in [0, 0.1) is 0 Å². The van der Waals surface area contributed by atoms with Crippen LogP contribution in [0.4, 0.5) is 5.82 Å². The van der Waals surface area contributed by atoms with Crippen molar-refractivity contribution >= 4 is 39.4 Å². The minimum absolute atomic E-state index is 0.320. The molecule has 158 valence electrons. The third-order valence-corrected chi connectivity index (χ3v) is 6.24. The molecule has 0 unspecified atom stereocenters. The lowest BCUT2D eigenvalue weighted by atomic mass is 9.75.